The molecule has 4 N–H and O–H groups in total. The minimum Gasteiger partial charge on any atom is -0.480 e. The topological polar surface area (TPSA) is 92.4 Å². The van der Waals surface area contributed by atoms with Gasteiger partial charge in [0.15, 0.2) is 0 Å². The van der Waals surface area contributed by atoms with Crippen molar-refractivity contribution in [1.82, 2.24) is 5.32 Å². The zero-order chi connectivity index (χ0) is 13.1. The summed E-state index contributed by atoms with van der Waals surface area (Å²) in [7, 11) is 0. The fourth-order valence-corrected chi connectivity index (χ4v) is 2.03. The third kappa shape index (κ3) is 2.97. The van der Waals surface area contributed by atoms with Crippen molar-refractivity contribution >= 4 is 11.9 Å². The van der Waals surface area contributed by atoms with E-state index in [-0.39, 0.29) is 12.5 Å². The first-order valence-corrected chi connectivity index (χ1v) is 6.10. The molecule has 5 nitrogen and oxygen atoms in total. The van der Waals surface area contributed by atoms with Crippen LogP contribution >= 0.6 is 0 Å². The Hall–Kier alpha value is -1.10. The zero-order valence-corrected chi connectivity index (χ0v) is 10.6. The molecule has 1 saturated carbocycles. The Morgan fingerprint density at radius 3 is 2.24 bits per heavy atom. The third-order valence-corrected chi connectivity index (χ3v) is 3.59. The van der Waals surface area contributed by atoms with Crippen LogP contribution in [0.5, 0.6) is 0 Å². The van der Waals surface area contributed by atoms with E-state index in [1.807, 2.05) is 0 Å². The Bertz CT molecular complexity index is 307. The molecular weight excluding hydrogens is 220 g/mol. The number of hydrogen-bond acceptors (Lipinski definition) is 3. The molecule has 0 radical (unpaired) electrons. The van der Waals surface area contributed by atoms with Crippen molar-refractivity contribution in [2.75, 3.05) is 6.54 Å². The van der Waals surface area contributed by atoms with E-state index in [1.54, 1.807) is 13.8 Å². The summed E-state index contributed by atoms with van der Waals surface area (Å²) in [5.41, 5.74) is 3.72. The number of amides is 1. The molecular formula is C12H22N2O3. The molecule has 1 fully saturated rings. The van der Waals surface area contributed by atoms with Gasteiger partial charge in [-0.3, -0.25) is 4.79 Å². The molecule has 1 rings (SSSR count). The summed E-state index contributed by atoms with van der Waals surface area (Å²) < 4.78 is 0. The van der Waals surface area contributed by atoms with Crippen LogP contribution in [0.15, 0.2) is 0 Å². The molecule has 0 aromatic rings. The average molecular weight is 242 g/mol. The second-order valence-electron chi connectivity index (χ2n) is 5.49. The fourth-order valence-electron chi connectivity index (χ4n) is 2.03. The lowest BCUT2D eigenvalue weighted by atomic mass is 9.80. The van der Waals surface area contributed by atoms with Crippen LogP contribution in [-0.2, 0) is 9.59 Å². The first-order valence-electron chi connectivity index (χ1n) is 6.10. The summed E-state index contributed by atoms with van der Waals surface area (Å²) in [6.07, 6.45) is 3.74. The second kappa shape index (κ2) is 5.04. The van der Waals surface area contributed by atoms with Gasteiger partial charge in [0.2, 0.25) is 5.91 Å². The van der Waals surface area contributed by atoms with Gasteiger partial charge in [0.1, 0.15) is 5.54 Å². The highest BCUT2D eigenvalue weighted by Gasteiger charge is 2.43. The lowest BCUT2D eigenvalue weighted by molar-refractivity contribution is -0.150. The first-order chi connectivity index (χ1) is 7.84. The maximum absolute atomic E-state index is 12.0. The Labute approximate surface area is 102 Å². The molecule has 0 aromatic carbocycles. The monoisotopic (exact) mass is 242 g/mol. The Morgan fingerprint density at radius 2 is 1.82 bits per heavy atom. The minimum absolute atomic E-state index is 0.203. The zero-order valence-electron chi connectivity index (χ0n) is 10.6. The van der Waals surface area contributed by atoms with Crippen LogP contribution in [0.2, 0.25) is 0 Å². The van der Waals surface area contributed by atoms with Gasteiger partial charge >= 0.3 is 5.97 Å². The lowest BCUT2D eigenvalue weighted by Crippen LogP contribution is -2.59. The van der Waals surface area contributed by atoms with E-state index in [0.717, 1.165) is 19.3 Å². The summed E-state index contributed by atoms with van der Waals surface area (Å²) in [6.45, 7) is 3.65. The smallest absolute Gasteiger partial charge is 0.329 e. The van der Waals surface area contributed by atoms with Gasteiger partial charge in [-0.25, -0.2) is 4.79 Å². The number of rotatable bonds is 4. The quantitative estimate of drug-likeness (QED) is 0.682. The number of nitrogens with one attached hydrogen (secondary N) is 1. The number of carboxylic acid groups (broad SMARTS) is 1. The van der Waals surface area contributed by atoms with Crippen LogP contribution in [0.1, 0.15) is 46.0 Å². The minimum atomic E-state index is -1.08. The van der Waals surface area contributed by atoms with Crippen LogP contribution < -0.4 is 11.1 Å². The summed E-state index contributed by atoms with van der Waals surface area (Å²) in [5, 5.41) is 12.0. The third-order valence-electron chi connectivity index (χ3n) is 3.59. The summed E-state index contributed by atoms with van der Waals surface area (Å²) in [4.78, 5) is 23.4. The molecule has 1 aliphatic rings. The molecule has 0 saturated heterocycles. The molecule has 0 spiro atoms. The largest absolute Gasteiger partial charge is 0.480 e. The number of carbonyl (C=O) groups is 2. The molecule has 0 bridgehead atoms. The van der Waals surface area contributed by atoms with Crippen molar-refractivity contribution in [1.29, 1.82) is 0 Å². The molecule has 0 atom stereocenters. The normalized spacial score (nSPS) is 19.7. The van der Waals surface area contributed by atoms with E-state index in [2.05, 4.69) is 5.32 Å². The van der Waals surface area contributed by atoms with Crippen LogP contribution in [0, 0.1) is 5.41 Å². The van der Waals surface area contributed by atoms with Crippen molar-refractivity contribution < 1.29 is 14.7 Å². The Kier molecular flexibility index (Phi) is 4.14. The van der Waals surface area contributed by atoms with Gasteiger partial charge in [0.25, 0.3) is 0 Å². The first kappa shape index (κ1) is 14.0. The highest BCUT2D eigenvalue weighted by atomic mass is 16.4. The van der Waals surface area contributed by atoms with Gasteiger partial charge in [-0.1, -0.05) is 19.3 Å². The summed E-state index contributed by atoms with van der Waals surface area (Å²) >= 11 is 0. The molecule has 0 aliphatic heterocycles. The number of nitrogens with two attached hydrogens (primary N) is 1. The maximum Gasteiger partial charge on any atom is 0.329 e. The maximum atomic E-state index is 12.0. The Morgan fingerprint density at radius 1 is 1.29 bits per heavy atom. The van der Waals surface area contributed by atoms with Crippen LogP contribution in [0.3, 0.4) is 0 Å². The lowest BCUT2D eigenvalue weighted by Gasteiger charge is -2.36. The van der Waals surface area contributed by atoms with Crippen molar-refractivity contribution in [3.63, 3.8) is 0 Å². The average Bonchev–Trinajstić information content (AvgIpc) is 2.30. The predicted octanol–water partition coefficient (Wildman–Crippen LogP) is 0.875. The number of hydrogen-bond donors (Lipinski definition) is 3. The molecule has 17 heavy (non-hydrogen) atoms. The van der Waals surface area contributed by atoms with Crippen LogP contribution in [0.4, 0.5) is 0 Å². The van der Waals surface area contributed by atoms with Crippen molar-refractivity contribution in [2.24, 2.45) is 11.1 Å². The molecule has 0 heterocycles. The standard InChI is InChI=1S/C12H22N2O3/c1-11(2,8-13)9(15)14-12(10(16)17)6-4-3-5-7-12/h3-8,13H2,1-2H3,(H,14,15)(H,16,17). The van der Waals surface area contributed by atoms with Gasteiger partial charge in [0, 0.05) is 6.54 Å². The predicted molar refractivity (Wildman–Crippen MR) is 64.4 cm³/mol. The van der Waals surface area contributed by atoms with Gasteiger partial charge in [-0.05, 0) is 26.7 Å². The van der Waals surface area contributed by atoms with E-state index < -0.39 is 16.9 Å². The van der Waals surface area contributed by atoms with Gasteiger partial charge in [-0.2, -0.15) is 0 Å². The molecule has 5 heteroatoms. The van der Waals surface area contributed by atoms with E-state index in [9.17, 15) is 14.7 Å². The van der Waals surface area contributed by atoms with Crippen LogP contribution in [-0.4, -0.2) is 29.1 Å². The van der Waals surface area contributed by atoms with E-state index in [0.29, 0.717) is 12.8 Å². The Balaban J connectivity index is 2.81. The van der Waals surface area contributed by atoms with E-state index in [4.69, 9.17) is 5.73 Å². The molecule has 0 aromatic heterocycles. The summed E-state index contributed by atoms with van der Waals surface area (Å²) in [6, 6.07) is 0. The SMILES string of the molecule is CC(C)(CN)C(=O)NC1(C(=O)O)CCCCC1. The van der Waals surface area contributed by atoms with Gasteiger partial charge in [0.05, 0.1) is 5.41 Å². The van der Waals surface area contributed by atoms with Crippen molar-refractivity contribution in [3.05, 3.63) is 0 Å². The van der Waals surface area contributed by atoms with E-state index in [1.165, 1.54) is 0 Å². The highest BCUT2D eigenvalue weighted by Crippen LogP contribution is 2.29. The number of carbonyl (C=O) groups excluding carboxylic acids is 1. The fraction of sp³-hybridized carbons (Fsp3) is 0.833. The number of aliphatic carboxylic acids is 1. The highest BCUT2D eigenvalue weighted by molar-refractivity contribution is 5.89. The van der Waals surface area contributed by atoms with Gasteiger partial charge < -0.3 is 16.2 Å². The van der Waals surface area contributed by atoms with Crippen molar-refractivity contribution in [3.8, 4) is 0 Å². The second-order valence-corrected chi connectivity index (χ2v) is 5.49. The van der Waals surface area contributed by atoms with Gasteiger partial charge in [-0.15, -0.1) is 0 Å². The van der Waals surface area contributed by atoms with Crippen molar-refractivity contribution in [2.45, 2.75) is 51.5 Å². The summed E-state index contributed by atoms with van der Waals surface area (Å²) in [5.74, 6) is -1.21. The molecule has 0 unspecified atom stereocenters. The van der Waals surface area contributed by atoms with E-state index >= 15 is 0 Å². The molecule has 98 valence electrons. The number of carboxylic acids is 1. The molecule has 1 aliphatic carbocycles. The van der Waals surface area contributed by atoms with Crippen LogP contribution in [0.25, 0.3) is 0 Å². The molecule has 1 amide bonds.